The summed E-state index contributed by atoms with van der Waals surface area (Å²) in [6.45, 7) is 0. The van der Waals surface area contributed by atoms with E-state index in [2.05, 4.69) is 10.6 Å². The lowest BCUT2D eigenvalue weighted by Gasteiger charge is -2.13. The maximum Gasteiger partial charge on any atom is 0.326 e. The molecule has 2 rings (SSSR count). The molecule has 21 heavy (non-hydrogen) atoms. The molecule has 3 amide bonds. The first-order valence-corrected chi connectivity index (χ1v) is 6.60. The first-order valence-electron chi connectivity index (χ1n) is 6.60. The van der Waals surface area contributed by atoms with Crippen molar-refractivity contribution in [2.75, 3.05) is 0 Å². The van der Waals surface area contributed by atoms with Gasteiger partial charge in [-0.3, -0.25) is 4.79 Å². The van der Waals surface area contributed by atoms with E-state index >= 15 is 0 Å². The largest absolute Gasteiger partial charge is 0.480 e. The molecule has 1 aliphatic rings. The van der Waals surface area contributed by atoms with Crippen LogP contribution >= 0.6 is 0 Å². The highest BCUT2D eigenvalue weighted by Gasteiger charge is 2.39. The normalized spacial score (nSPS) is 21.1. The maximum absolute atomic E-state index is 11.7. The third-order valence-electron chi connectivity index (χ3n) is 3.34. The Bertz CT molecular complexity index is 546. The van der Waals surface area contributed by atoms with Crippen LogP contribution in [0.2, 0.25) is 0 Å². The average molecular weight is 291 g/mol. The van der Waals surface area contributed by atoms with Crippen LogP contribution in [0.15, 0.2) is 30.3 Å². The zero-order chi connectivity index (χ0) is 15.4. The van der Waals surface area contributed by atoms with Gasteiger partial charge in [-0.2, -0.15) is 0 Å². The molecule has 0 saturated heterocycles. The summed E-state index contributed by atoms with van der Waals surface area (Å²) in [4.78, 5) is 33.4. The number of nitrogens with two attached hydrogens (primary N) is 1. The lowest BCUT2D eigenvalue weighted by atomic mass is 10.1. The van der Waals surface area contributed by atoms with Crippen LogP contribution in [0.3, 0.4) is 0 Å². The molecule has 0 spiro atoms. The minimum atomic E-state index is -1.31. The predicted molar refractivity (Wildman–Crippen MR) is 74.5 cm³/mol. The van der Waals surface area contributed by atoms with Gasteiger partial charge in [0.25, 0.3) is 0 Å². The lowest BCUT2D eigenvalue weighted by Crippen LogP contribution is -2.48. The van der Waals surface area contributed by atoms with Crippen LogP contribution in [0.5, 0.6) is 0 Å². The smallest absolute Gasteiger partial charge is 0.326 e. The van der Waals surface area contributed by atoms with Gasteiger partial charge in [-0.15, -0.1) is 0 Å². The second kappa shape index (κ2) is 6.25. The van der Waals surface area contributed by atoms with Crippen molar-refractivity contribution >= 4 is 17.9 Å². The third kappa shape index (κ3) is 4.20. The number of carbonyl (C=O) groups is 3. The van der Waals surface area contributed by atoms with E-state index in [1.807, 2.05) is 30.3 Å². The summed E-state index contributed by atoms with van der Waals surface area (Å²) in [5.74, 6) is -1.83. The van der Waals surface area contributed by atoms with Gasteiger partial charge >= 0.3 is 12.0 Å². The summed E-state index contributed by atoms with van der Waals surface area (Å²) in [5.41, 5.74) is 6.08. The van der Waals surface area contributed by atoms with E-state index in [9.17, 15) is 14.4 Å². The summed E-state index contributed by atoms with van der Waals surface area (Å²) in [6.07, 6.45) is 0.376. The molecule has 0 radical (unpaired) electrons. The fourth-order valence-electron chi connectivity index (χ4n) is 2.19. The number of amides is 3. The van der Waals surface area contributed by atoms with Crippen LogP contribution < -0.4 is 16.4 Å². The Hall–Kier alpha value is -2.57. The van der Waals surface area contributed by atoms with Gasteiger partial charge in [0.15, 0.2) is 0 Å². The number of primary amides is 1. The van der Waals surface area contributed by atoms with E-state index < -0.39 is 30.4 Å². The van der Waals surface area contributed by atoms with Crippen LogP contribution in [0.4, 0.5) is 4.79 Å². The van der Waals surface area contributed by atoms with E-state index in [1.54, 1.807) is 0 Å². The monoisotopic (exact) mass is 291 g/mol. The molecule has 0 aromatic heterocycles. The van der Waals surface area contributed by atoms with E-state index in [-0.39, 0.29) is 12.0 Å². The lowest BCUT2D eigenvalue weighted by molar-refractivity contribution is -0.140. The molecule has 1 aromatic rings. The quantitative estimate of drug-likeness (QED) is 0.597. The highest BCUT2D eigenvalue weighted by atomic mass is 16.4. The Balaban J connectivity index is 1.83. The number of nitrogens with one attached hydrogen (secondary N) is 2. The fraction of sp³-hybridized carbons (Fsp3) is 0.357. The van der Waals surface area contributed by atoms with Crippen molar-refractivity contribution in [2.24, 2.45) is 5.73 Å². The minimum Gasteiger partial charge on any atom is -0.480 e. The highest BCUT2D eigenvalue weighted by molar-refractivity contribution is 5.87. The molecular weight excluding hydrogens is 274 g/mol. The number of aliphatic carboxylic acids is 1. The van der Waals surface area contributed by atoms with Crippen molar-refractivity contribution in [2.45, 2.75) is 30.8 Å². The Morgan fingerprint density at radius 2 is 1.95 bits per heavy atom. The molecule has 0 heterocycles. The second-order valence-corrected chi connectivity index (χ2v) is 5.04. The molecule has 1 aliphatic carbocycles. The molecule has 7 nitrogen and oxygen atoms in total. The Labute approximate surface area is 121 Å². The summed E-state index contributed by atoms with van der Waals surface area (Å²) < 4.78 is 0. The minimum absolute atomic E-state index is 0.0181. The van der Waals surface area contributed by atoms with Crippen molar-refractivity contribution in [1.29, 1.82) is 0 Å². The van der Waals surface area contributed by atoms with Crippen LogP contribution in [0.25, 0.3) is 0 Å². The molecule has 2 unspecified atom stereocenters. The van der Waals surface area contributed by atoms with Crippen LogP contribution in [-0.2, 0) is 9.59 Å². The van der Waals surface area contributed by atoms with Crippen LogP contribution in [0, 0.1) is 0 Å². The number of hydrogen-bond donors (Lipinski definition) is 4. The van der Waals surface area contributed by atoms with Gasteiger partial charge in [0.1, 0.15) is 6.04 Å². The van der Waals surface area contributed by atoms with Gasteiger partial charge in [-0.05, 0) is 12.0 Å². The summed E-state index contributed by atoms with van der Waals surface area (Å²) in [6, 6.07) is 7.81. The molecule has 5 N–H and O–H groups in total. The van der Waals surface area contributed by atoms with Gasteiger partial charge in [0.2, 0.25) is 5.91 Å². The topological polar surface area (TPSA) is 122 Å². The number of carbonyl (C=O) groups excluding carboxylic acids is 2. The van der Waals surface area contributed by atoms with Crippen molar-refractivity contribution in [1.82, 2.24) is 10.6 Å². The van der Waals surface area contributed by atoms with Crippen LogP contribution in [0.1, 0.15) is 24.3 Å². The molecule has 1 saturated carbocycles. The predicted octanol–water partition coefficient (Wildman–Crippen LogP) is 0.170. The molecule has 7 heteroatoms. The number of carboxylic acid groups (broad SMARTS) is 1. The van der Waals surface area contributed by atoms with Crippen LogP contribution in [-0.4, -0.2) is 35.1 Å². The van der Waals surface area contributed by atoms with E-state index in [4.69, 9.17) is 10.8 Å². The van der Waals surface area contributed by atoms with Gasteiger partial charge in [-0.25, -0.2) is 9.59 Å². The molecular formula is C14H17N3O4. The molecule has 1 aromatic carbocycles. The summed E-state index contributed by atoms with van der Waals surface area (Å²) >= 11 is 0. The number of rotatable bonds is 6. The van der Waals surface area contributed by atoms with Gasteiger partial charge in [0.05, 0.1) is 6.42 Å². The second-order valence-electron chi connectivity index (χ2n) is 5.04. The number of urea groups is 1. The van der Waals surface area contributed by atoms with Gasteiger partial charge in [-0.1, -0.05) is 30.3 Å². The van der Waals surface area contributed by atoms with E-state index in [1.165, 1.54) is 0 Å². The number of hydrogen-bond acceptors (Lipinski definition) is 3. The number of carboxylic acids is 1. The van der Waals surface area contributed by atoms with Crippen molar-refractivity contribution in [3.05, 3.63) is 35.9 Å². The van der Waals surface area contributed by atoms with E-state index in [0.717, 1.165) is 12.0 Å². The Kier molecular flexibility index (Phi) is 4.42. The third-order valence-corrected chi connectivity index (χ3v) is 3.34. The fourth-order valence-corrected chi connectivity index (χ4v) is 2.19. The van der Waals surface area contributed by atoms with Crippen molar-refractivity contribution in [3.8, 4) is 0 Å². The molecule has 1 fully saturated rings. The molecule has 3 atom stereocenters. The SMILES string of the molecule is NC(=O)C[C@H](NC(=O)NC1CC1c1ccccc1)C(=O)O. The molecule has 112 valence electrons. The first-order chi connectivity index (χ1) is 9.97. The zero-order valence-electron chi connectivity index (χ0n) is 11.3. The molecule has 0 bridgehead atoms. The maximum atomic E-state index is 11.7. The summed E-state index contributed by atoms with van der Waals surface area (Å²) in [5, 5.41) is 13.8. The Morgan fingerprint density at radius 3 is 2.52 bits per heavy atom. The van der Waals surface area contributed by atoms with Gasteiger partial charge < -0.3 is 21.5 Å². The molecule has 0 aliphatic heterocycles. The van der Waals surface area contributed by atoms with Crippen molar-refractivity contribution in [3.63, 3.8) is 0 Å². The summed E-state index contributed by atoms with van der Waals surface area (Å²) in [7, 11) is 0. The highest BCUT2D eigenvalue weighted by Crippen LogP contribution is 2.40. The first kappa shape index (κ1) is 14.8. The van der Waals surface area contributed by atoms with Crippen molar-refractivity contribution < 1.29 is 19.5 Å². The Morgan fingerprint density at radius 1 is 1.29 bits per heavy atom. The zero-order valence-corrected chi connectivity index (χ0v) is 11.3. The standard InChI is InChI=1S/C14H17N3O4/c15-12(18)7-11(13(19)20)17-14(21)16-10-6-9(10)8-4-2-1-3-5-8/h1-5,9-11H,6-7H2,(H2,15,18)(H,19,20)(H2,16,17,21)/t9?,10?,11-/m0/s1. The van der Waals surface area contributed by atoms with E-state index in [0.29, 0.717) is 0 Å². The van der Waals surface area contributed by atoms with Gasteiger partial charge in [0, 0.05) is 12.0 Å². The average Bonchev–Trinajstić information content (AvgIpc) is 3.17. The number of benzene rings is 1.